The zero-order valence-electron chi connectivity index (χ0n) is 12.0. The Hall–Kier alpha value is -1.81. The molecule has 0 aliphatic heterocycles. The number of halogens is 3. The fourth-order valence-electron chi connectivity index (χ4n) is 1.98. The van der Waals surface area contributed by atoms with Crippen molar-refractivity contribution < 1.29 is 13.5 Å². The largest absolute Gasteiger partial charge is 0.452 e. The Balaban J connectivity index is 2.50. The van der Waals surface area contributed by atoms with Gasteiger partial charge < -0.3 is 10.5 Å². The van der Waals surface area contributed by atoms with E-state index in [0.29, 0.717) is 16.3 Å². The topological polar surface area (TPSA) is 35.2 Å². The highest BCUT2D eigenvalue weighted by Crippen LogP contribution is 2.37. The van der Waals surface area contributed by atoms with Gasteiger partial charge in [0, 0.05) is 5.02 Å². The predicted molar refractivity (Wildman–Crippen MR) is 81.1 cm³/mol. The Kier molecular flexibility index (Phi) is 4.37. The SMILES string of the molecule is Cc1cc(Cl)c(C(C)C)cc1Oc1c(N)ccc(F)c1F. The van der Waals surface area contributed by atoms with E-state index in [-0.39, 0.29) is 17.4 Å². The molecule has 0 unspecified atom stereocenters. The number of hydrogen-bond acceptors (Lipinski definition) is 2. The number of hydrogen-bond donors (Lipinski definition) is 1. The van der Waals surface area contributed by atoms with Gasteiger partial charge in [-0.3, -0.25) is 0 Å². The quantitative estimate of drug-likeness (QED) is 0.768. The number of ether oxygens (including phenoxy) is 1. The van der Waals surface area contributed by atoms with Crippen LogP contribution >= 0.6 is 11.6 Å². The van der Waals surface area contributed by atoms with E-state index in [4.69, 9.17) is 22.1 Å². The molecular formula is C16H16ClF2NO. The van der Waals surface area contributed by atoms with Crippen molar-refractivity contribution in [3.8, 4) is 11.5 Å². The summed E-state index contributed by atoms with van der Waals surface area (Å²) in [6.07, 6.45) is 0. The van der Waals surface area contributed by atoms with Crippen molar-refractivity contribution in [2.45, 2.75) is 26.7 Å². The maximum Gasteiger partial charge on any atom is 0.203 e. The van der Waals surface area contributed by atoms with Gasteiger partial charge in [0.1, 0.15) is 5.75 Å². The molecule has 0 aromatic heterocycles. The lowest BCUT2D eigenvalue weighted by Gasteiger charge is -2.16. The van der Waals surface area contributed by atoms with E-state index in [1.54, 1.807) is 19.1 Å². The standard InChI is InChI=1S/C16H16ClF2NO/c1-8(2)10-7-14(9(3)6-11(10)17)21-16-13(20)5-4-12(18)15(16)19/h4-8H,20H2,1-3H3. The Bertz CT molecular complexity index is 686. The van der Waals surface area contributed by atoms with Crippen molar-refractivity contribution in [2.75, 3.05) is 5.73 Å². The van der Waals surface area contributed by atoms with Gasteiger partial charge in [0.05, 0.1) is 5.69 Å². The van der Waals surface area contributed by atoms with E-state index in [9.17, 15) is 8.78 Å². The highest BCUT2D eigenvalue weighted by atomic mass is 35.5. The summed E-state index contributed by atoms with van der Waals surface area (Å²) in [6.45, 7) is 5.74. The molecule has 5 heteroatoms. The Labute approximate surface area is 127 Å². The molecule has 21 heavy (non-hydrogen) atoms. The summed E-state index contributed by atoms with van der Waals surface area (Å²) in [5.41, 5.74) is 7.28. The molecule has 0 saturated heterocycles. The number of anilines is 1. The van der Waals surface area contributed by atoms with Crippen molar-refractivity contribution >= 4 is 17.3 Å². The summed E-state index contributed by atoms with van der Waals surface area (Å²) < 4.78 is 32.6. The molecule has 2 aromatic carbocycles. The third-order valence-electron chi connectivity index (χ3n) is 3.21. The number of nitrogen functional groups attached to an aromatic ring is 1. The second-order valence-electron chi connectivity index (χ2n) is 5.18. The predicted octanol–water partition coefficient (Wildman–Crippen LogP) is 5.42. The summed E-state index contributed by atoms with van der Waals surface area (Å²) in [5.74, 6) is -1.84. The first-order chi connectivity index (χ1) is 9.81. The molecule has 0 atom stereocenters. The van der Waals surface area contributed by atoms with Crippen LogP contribution in [-0.2, 0) is 0 Å². The summed E-state index contributed by atoms with van der Waals surface area (Å²) in [4.78, 5) is 0. The van der Waals surface area contributed by atoms with Gasteiger partial charge in [-0.15, -0.1) is 0 Å². The number of rotatable bonds is 3. The van der Waals surface area contributed by atoms with Crippen molar-refractivity contribution in [3.05, 3.63) is 52.0 Å². The minimum Gasteiger partial charge on any atom is -0.452 e. The Morgan fingerprint density at radius 2 is 1.86 bits per heavy atom. The normalized spacial score (nSPS) is 11.0. The molecule has 2 aromatic rings. The van der Waals surface area contributed by atoms with Crippen LogP contribution in [0.4, 0.5) is 14.5 Å². The van der Waals surface area contributed by atoms with Gasteiger partial charge in [-0.05, 0) is 48.2 Å². The van der Waals surface area contributed by atoms with Crippen molar-refractivity contribution in [1.29, 1.82) is 0 Å². The molecule has 0 heterocycles. The van der Waals surface area contributed by atoms with Gasteiger partial charge in [0.25, 0.3) is 0 Å². The average molecular weight is 312 g/mol. The maximum atomic E-state index is 13.8. The Morgan fingerprint density at radius 1 is 1.19 bits per heavy atom. The fourth-order valence-corrected chi connectivity index (χ4v) is 2.42. The fraction of sp³-hybridized carbons (Fsp3) is 0.250. The minimum absolute atomic E-state index is 0.0364. The molecular weight excluding hydrogens is 296 g/mol. The second-order valence-corrected chi connectivity index (χ2v) is 5.58. The van der Waals surface area contributed by atoms with Gasteiger partial charge in [0.15, 0.2) is 11.6 Å². The van der Waals surface area contributed by atoms with Crippen LogP contribution in [0.2, 0.25) is 5.02 Å². The third-order valence-corrected chi connectivity index (χ3v) is 3.54. The lowest BCUT2D eigenvalue weighted by molar-refractivity contribution is 0.416. The summed E-state index contributed by atoms with van der Waals surface area (Å²) in [5, 5.41) is 0.613. The molecule has 2 rings (SSSR count). The van der Waals surface area contributed by atoms with E-state index >= 15 is 0 Å². The van der Waals surface area contributed by atoms with Crippen molar-refractivity contribution in [3.63, 3.8) is 0 Å². The molecule has 112 valence electrons. The van der Waals surface area contributed by atoms with Crippen LogP contribution in [0.5, 0.6) is 11.5 Å². The summed E-state index contributed by atoms with van der Waals surface area (Å²) in [7, 11) is 0. The monoisotopic (exact) mass is 311 g/mol. The lowest BCUT2D eigenvalue weighted by atomic mass is 10.0. The first-order valence-electron chi connectivity index (χ1n) is 6.52. The summed E-state index contributed by atoms with van der Waals surface area (Å²) in [6, 6.07) is 5.69. The molecule has 0 spiro atoms. The van der Waals surface area contributed by atoms with Crippen LogP contribution in [-0.4, -0.2) is 0 Å². The molecule has 0 fully saturated rings. The van der Waals surface area contributed by atoms with Gasteiger partial charge in [-0.25, -0.2) is 4.39 Å². The molecule has 0 amide bonds. The molecule has 2 nitrogen and oxygen atoms in total. The number of nitrogens with two attached hydrogens (primary N) is 1. The average Bonchev–Trinajstić information content (AvgIpc) is 2.41. The number of benzene rings is 2. The first kappa shape index (κ1) is 15.6. The second kappa shape index (κ2) is 5.90. The third kappa shape index (κ3) is 3.10. The van der Waals surface area contributed by atoms with E-state index in [1.807, 2.05) is 13.8 Å². The molecule has 0 aliphatic rings. The smallest absolute Gasteiger partial charge is 0.203 e. The highest BCUT2D eigenvalue weighted by molar-refractivity contribution is 6.31. The summed E-state index contributed by atoms with van der Waals surface area (Å²) >= 11 is 6.17. The van der Waals surface area contributed by atoms with Crippen molar-refractivity contribution in [2.24, 2.45) is 0 Å². The molecule has 0 saturated carbocycles. The van der Waals surface area contributed by atoms with Crippen LogP contribution in [0.3, 0.4) is 0 Å². The van der Waals surface area contributed by atoms with E-state index in [0.717, 1.165) is 11.6 Å². The van der Waals surface area contributed by atoms with Crippen LogP contribution in [0.15, 0.2) is 24.3 Å². The van der Waals surface area contributed by atoms with Gasteiger partial charge >= 0.3 is 0 Å². The first-order valence-corrected chi connectivity index (χ1v) is 6.90. The number of aryl methyl sites for hydroxylation is 1. The van der Waals surface area contributed by atoms with Crippen LogP contribution in [0.25, 0.3) is 0 Å². The van der Waals surface area contributed by atoms with Crippen molar-refractivity contribution in [1.82, 2.24) is 0 Å². The zero-order valence-corrected chi connectivity index (χ0v) is 12.8. The molecule has 0 radical (unpaired) electrons. The van der Waals surface area contributed by atoms with E-state index in [1.165, 1.54) is 6.07 Å². The lowest BCUT2D eigenvalue weighted by Crippen LogP contribution is -2.00. The molecule has 0 aliphatic carbocycles. The van der Waals surface area contributed by atoms with Gasteiger partial charge in [-0.1, -0.05) is 25.4 Å². The molecule has 0 bridgehead atoms. The van der Waals surface area contributed by atoms with Gasteiger partial charge in [0.2, 0.25) is 5.82 Å². The maximum absolute atomic E-state index is 13.8. The zero-order chi connectivity index (χ0) is 15.7. The van der Waals surface area contributed by atoms with E-state index < -0.39 is 11.6 Å². The minimum atomic E-state index is -1.10. The highest BCUT2D eigenvalue weighted by Gasteiger charge is 2.17. The molecule has 2 N–H and O–H groups in total. The van der Waals surface area contributed by atoms with Crippen LogP contribution < -0.4 is 10.5 Å². The van der Waals surface area contributed by atoms with Crippen LogP contribution in [0, 0.1) is 18.6 Å². The van der Waals surface area contributed by atoms with Crippen LogP contribution in [0.1, 0.15) is 30.9 Å². The van der Waals surface area contributed by atoms with E-state index in [2.05, 4.69) is 0 Å². The van der Waals surface area contributed by atoms with Gasteiger partial charge in [-0.2, -0.15) is 4.39 Å². The Morgan fingerprint density at radius 3 is 2.48 bits per heavy atom.